The van der Waals surface area contributed by atoms with Crippen molar-refractivity contribution in [1.29, 1.82) is 0 Å². The van der Waals surface area contributed by atoms with E-state index >= 15 is 0 Å². The van der Waals surface area contributed by atoms with Crippen LogP contribution in [0, 0.1) is 11.8 Å². The van der Waals surface area contributed by atoms with E-state index in [0.29, 0.717) is 43.0 Å². The van der Waals surface area contributed by atoms with Crippen molar-refractivity contribution in [2.45, 2.75) is 63.1 Å². The van der Waals surface area contributed by atoms with Crippen LogP contribution in [0.3, 0.4) is 0 Å². The lowest BCUT2D eigenvalue weighted by Crippen LogP contribution is -2.42. The van der Waals surface area contributed by atoms with Crippen LogP contribution in [-0.2, 0) is 4.74 Å². The molecule has 0 radical (unpaired) electrons. The van der Waals surface area contributed by atoms with Crippen LogP contribution in [0.15, 0.2) is 30.6 Å². The first-order valence-corrected chi connectivity index (χ1v) is 13.7. The zero-order valence-corrected chi connectivity index (χ0v) is 21.0. The molecule has 2 unspecified atom stereocenters. The van der Waals surface area contributed by atoms with E-state index < -0.39 is 6.17 Å². The summed E-state index contributed by atoms with van der Waals surface area (Å²) in [5.74, 6) is 3.02. The Hall–Kier alpha value is -2.45. The lowest BCUT2D eigenvalue weighted by Gasteiger charge is -2.42. The third-order valence-corrected chi connectivity index (χ3v) is 8.59. The van der Waals surface area contributed by atoms with E-state index in [9.17, 15) is 4.39 Å². The van der Waals surface area contributed by atoms with Gasteiger partial charge >= 0.3 is 0 Å². The zero-order valence-electron chi connectivity index (χ0n) is 21.0. The first-order valence-electron chi connectivity index (χ1n) is 13.7. The number of alkyl halides is 1. The number of aromatic nitrogens is 2. The number of anilines is 3. The van der Waals surface area contributed by atoms with E-state index in [4.69, 9.17) is 20.2 Å². The summed E-state index contributed by atoms with van der Waals surface area (Å²) in [4.78, 5) is 13.8. The van der Waals surface area contributed by atoms with Crippen LogP contribution in [0.1, 0.15) is 56.6 Å². The van der Waals surface area contributed by atoms with E-state index in [1.165, 1.54) is 19.3 Å². The number of ether oxygens (including phenoxy) is 2. The molecule has 2 saturated heterocycles. The Morgan fingerprint density at radius 1 is 1.11 bits per heavy atom. The van der Waals surface area contributed by atoms with E-state index in [-0.39, 0.29) is 6.10 Å². The fourth-order valence-electron chi connectivity index (χ4n) is 6.52. The second-order valence-corrected chi connectivity index (χ2v) is 11.1. The number of fused-ring (bicyclic) bond motifs is 1. The number of piperidine rings is 1. The lowest BCUT2D eigenvalue weighted by molar-refractivity contribution is -0.0110. The van der Waals surface area contributed by atoms with Gasteiger partial charge in [-0.2, -0.15) is 0 Å². The summed E-state index contributed by atoms with van der Waals surface area (Å²) in [6.45, 7) is 5.17. The minimum absolute atomic E-state index is 0.179. The Bertz CT molecular complexity index is 1030. The predicted molar refractivity (Wildman–Crippen MR) is 139 cm³/mol. The Kier molecular flexibility index (Phi) is 6.98. The average molecular weight is 496 g/mol. The highest BCUT2D eigenvalue weighted by Crippen LogP contribution is 2.52. The number of rotatable bonds is 7. The van der Waals surface area contributed by atoms with Crippen LogP contribution in [0.25, 0.3) is 0 Å². The predicted octanol–water partition coefficient (Wildman–Crippen LogP) is 4.70. The lowest BCUT2D eigenvalue weighted by atomic mass is 9.67. The molecule has 3 fully saturated rings. The molecule has 8 heteroatoms. The third-order valence-electron chi connectivity index (χ3n) is 8.59. The fourth-order valence-corrected chi connectivity index (χ4v) is 6.52. The molecule has 1 aliphatic carbocycles. The van der Waals surface area contributed by atoms with Crippen LogP contribution in [-0.4, -0.2) is 66.5 Å². The number of nitrogens with zero attached hydrogens (tertiary/aromatic N) is 4. The van der Waals surface area contributed by atoms with Gasteiger partial charge in [0.1, 0.15) is 30.5 Å². The molecule has 1 aromatic carbocycles. The molecular weight excluding hydrogens is 457 g/mol. The molecule has 7 nitrogen and oxygen atoms in total. The van der Waals surface area contributed by atoms with Crippen LogP contribution in [0.4, 0.5) is 21.6 Å². The summed E-state index contributed by atoms with van der Waals surface area (Å²) in [6.07, 6.45) is 8.36. The van der Waals surface area contributed by atoms with Gasteiger partial charge in [-0.3, -0.25) is 0 Å². The van der Waals surface area contributed by atoms with Gasteiger partial charge in [0.25, 0.3) is 0 Å². The zero-order chi connectivity index (χ0) is 24.5. The first kappa shape index (κ1) is 23.9. The Morgan fingerprint density at radius 2 is 1.97 bits per heavy atom. The molecule has 194 valence electrons. The van der Waals surface area contributed by atoms with Crippen molar-refractivity contribution in [2.24, 2.45) is 11.8 Å². The van der Waals surface area contributed by atoms with E-state index in [2.05, 4.69) is 26.9 Å². The number of nitrogens with two attached hydrogens (primary N) is 1. The maximum absolute atomic E-state index is 13.5. The number of nitrogen functional groups attached to an aromatic ring is 1. The fraction of sp³-hybridized carbons (Fsp3) is 0.643. The molecule has 3 aliphatic heterocycles. The number of hydrogen-bond donors (Lipinski definition) is 1. The minimum atomic E-state index is -0.606. The summed E-state index contributed by atoms with van der Waals surface area (Å²) in [5.41, 5.74) is 9.49. The number of hydrogen-bond acceptors (Lipinski definition) is 7. The quantitative estimate of drug-likeness (QED) is 0.597. The van der Waals surface area contributed by atoms with Gasteiger partial charge in [-0.05, 0) is 68.9 Å². The van der Waals surface area contributed by atoms with E-state index in [1.54, 1.807) is 6.33 Å². The highest BCUT2D eigenvalue weighted by molar-refractivity contribution is 5.78. The molecule has 1 aromatic heterocycles. The molecule has 2 N–H and O–H groups in total. The largest absolute Gasteiger partial charge is 0.491 e. The van der Waals surface area contributed by atoms with Gasteiger partial charge in [-0.25, -0.2) is 14.4 Å². The van der Waals surface area contributed by atoms with Gasteiger partial charge < -0.3 is 25.0 Å². The van der Waals surface area contributed by atoms with Gasteiger partial charge in [0, 0.05) is 50.5 Å². The molecule has 0 amide bonds. The van der Waals surface area contributed by atoms with Crippen molar-refractivity contribution in [2.75, 3.05) is 50.0 Å². The summed E-state index contributed by atoms with van der Waals surface area (Å²) in [6, 6.07) is 8.26. The SMILES string of the molecule is Nc1ncnc2c1N(c1cccc(OCC3CCCCO3)c1)CC2C1CC(CN2CCC(F)CC2)C1. The maximum atomic E-state index is 13.5. The molecule has 4 aliphatic rings. The Labute approximate surface area is 213 Å². The monoisotopic (exact) mass is 495 g/mol. The van der Waals surface area contributed by atoms with Gasteiger partial charge in [-0.1, -0.05) is 6.07 Å². The van der Waals surface area contributed by atoms with Crippen molar-refractivity contribution in [3.63, 3.8) is 0 Å². The number of likely N-dealkylation sites (tertiary alicyclic amines) is 1. The number of halogens is 1. The topological polar surface area (TPSA) is 76.7 Å². The smallest absolute Gasteiger partial charge is 0.151 e. The third kappa shape index (κ3) is 5.02. The van der Waals surface area contributed by atoms with Gasteiger partial charge in [0.15, 0.2) is 5.82 Å². The molecule has 0 spiro atoms. The molecule has 6 rings (SSSR count). The summed E-state index contributed by atoms with van der Waals surface area (Å²) >= 11 is 0. The highest BCUT2D eigenvalue weighted by Gasteiger charge is 2.43. The van der Waals surface area contributed by atoms with Gasteiger partial charge in [0.2, 0.25) is 0 Å². The summed E-state index contributed by atoms with van der Waals surface area (Å²) in [5, 5.41) is 0. The normalized spacial score (nSPS) is 29.1. The second-order valence-electron chi connectivity index (χ2n) is 11.1. The van der Waals surface area contributed by atoms with Crippen molar-refractivity contribution in [3.8, 4) is 5.75 Å². The van der Waals surface area contributed by atoms with Crippen molar-refractivity contribution < 1.29 is 13.9 Å². The first-order chi connectivity index (χ1) is 17.6. The molecule has 0 bridgehead atoms. The molecule has 2 aromatic rings. The highest BCUT2D eigenvalue weighted by atomic mass is 19.1. The molecule has 36 heavy (non-hydrogen) atoms. The van der Waals surface area contributed by atoms with E-state index in [1.807, 2.05) is 12.1 Å². The second kappa shape index (κ2) is 10.5. The van der Waals surface area contributed by atoms with Crippen LogP contribution < -0.4 is 15.4 Å². The van der Waals surface area contributed by atoms with E-state index in [0.717, 1.165) is 68.4 Å². The minimum Gasteiger partial charge on any atom is -0.491 e. The molecule has 2 atom stereocenters. The summed E-state index contributed by atoms with van der Waals surface area (Å²) < 4.78 is 25.4. The summed E-state index contributed by atoms with van der Waals surface area (Å²) in [7, 11) is 0. The molecular formula is C28H38FN5O2. The number of benzene rings is 1. The van der Waals surface area contributed by atoms with Crippen LogP contribution >= 0.6 is 0 Å². The molecule has 4 heterocycles. The maximum Gasteiger partial charge on any atom is 0.151 e. The van der Waals surface area contributed by atoms with Crippen molar-refractivity contribution in [1.82, 2.24) is 14.9 Å². The Morgan fingerprint density at radius 3 is 2.78 bits per heavy atom. The van der Waals surface area contributed by atoms with Gasteiger partial charge in [-0.15, -0.1) is 0 Å². The van der Waals surface area contributed by atoms with Crippen molar-refractivity contribution in [3.05, 3.63) is 36.3 Å². The van der Waals surface area contributed by atoms with Crippen LogP contribution in [0.5, 0.6) is 5.75 Å². The van der Waals surface area contributed by atoms with Crippen LogP contribution in [0.2, 0.25) is 0 Å². The standard InChI is InChI=1S/C28H38FN5O2/c29-21-7-9-33(10-8-21)15-19-12-20(13-19)25-16-34(27-26(25)31-18-32-28(27)30)22-4-3-6-23(14-22)36-17-24-5-1-2-11-35-24/h3-4,6,14,18-21,24-25H,1-2,5,7-13,15-17H2,(H2,30,31,32). The van der Waals surface area contributed by atoms with Gasteiger partial charge in [0.05, 0.1) is 11.8 Å². The average Bonchev–Trinajstić information content (AvgIpc) is 3.27. The molecule has 1 saturated carbocycles. The Balaban J connectivity index is 1.12. The van der Waals surface area contributed by atoms with Crippen molar-refractivity contribution >= 4 is 17.2 Å².